The number of rotatable bonds is 6. The standard InChI is InChI=1S/C21H24FN3O/c1-2-12-25(18-8-4-3-5-9-18)21(26)17-23-13-15-24(16-14-23)20-11-7-6-10-19(20)22/h2-11H,1,12-17H2. The average Bonchev–Trinajstić information content (AvgIpc) is 2.68. The van der Waals surface area contributed by atoms with Crippen LogP contribution in [0.1, 0.15) is 0 Å². The zero-order valence-corrected chi connectivity index (χ0v) is 14.9. The summed E-state index contributed by atoms with van der Waals surface area (Å²) in [7, 11) is 0. The molecule has 0 bridgehead atoms. The molecule has 1 saturated heterocycles. The summed E-state index contributed by atoms with van der Waals surface area (Å²) >= 11 is 0. The fourth-order valence-corrected chi connectivity index (χ4v) is 3.22. The fraction of sp³-hybridized carbons (Fsp3) is 0.286. The van der Waals surface area contributed by atoms with Crippen LogP contribution >= 0.6 is 0 Å². The van der Waals surface area contributed by atoms with E-state index in [1.54, 1.807) is 23.1 Å². The lowest BCUT2D eigenvalue weighted by atomic mass is 10.2. The molecule has 0 N–H and O–H groups in total. The lowest BCUT2D eigenvalue weighted by Gasteiger charge is -2.36. The van der Waals surface area contributed by atoms with Crippen LogP contribution in [0.15, 0.2) is 67.3 Å². The van der Waals surface area contributed by atoms with Crippen molar-refractivity contribution in [3.8, 4) is 0 Å². The number of carbonyl (C=O) groups is 1. The molecule has 0 aliphatic carbocycles. The summed E-state index contributed by atoms with van der Waals surface area (Å²) in [6, 6.07) is 16.5. The predicted octanol–water partition coefficient (Wildman–Crippen LogP) is 3.17. The minimum atomic E-state index is -0.196. The van der Waals surface area contributed by atoms with Crippen molar-refractivity contribution in [2.24, 2.45) is 0 Å². The van der Waals surface area contributed by atoms with Gasteiger partial charge in [-0.2, -0.15) is 0 Å². The number of hydrogen-bond donors (Lipinski definition) is 0. The van der Waals surface area contributed by atoms with Crippen molar-refractivity contribution >= 4 is 17.3 Å². The molecule has 0 unspecified atom stereocenters. The first-order chi connectivity index (χ1) is 12.7. The number of anilines is 2. The Kier molecular flexibility index (Phi) is 6.02. The summed E-state index contributed by atoms with van der Waals surface area (Å²) in [5.74, 6) is -0.145. The SMILES string of the molecule is C=CCN(C(=O)CN1CCN(c2ccccc2F)CC1)c1ccccc1. The smallest absolute Gasteiger partial charge is 0.241 e. The predicted molar refractivity (Wildman–Crippen MR) is 104 cm³/mol. The Bertz CT molecular complexity index is 742. The van der Waals surface area contributed by atoms with Crippen LogP contribution in [-0.2, 0) is 4.79 Å². The molecule has 0 aromatic heterocycles. The van der Waals surface area contributed by atoms with Crippen LogP contribution in [0.2, 0.25) is 0 Å². The molecule has 1 aliphatic rings. The van der Waals surface area contributed by atoms with E-state index in [1.165, 1.54) is 6.07 Å². The number of halogens is 1. The summed E-state index contributed by atoms with van der Waals surface area (Å²) in [4.78, 5) is 18.7. The second kappa shape index (κ2) is 8.63. The molecule has 1 aliphatic heterocycles. The van der Waals surface area contributed by atoms with Crippen molar-refractivity contribution in [2.45, 2.75) is 0 Å². The van der Waals surface area contributed by atoms with Gasteiger partial charge in [-0.05, 0) is 24.3 Å². The lowest BCUT2D eigenvalue weighted by Crippen LogP contribution is -2.50. The quantitative estimate of drug-likeness (QED) is 0.747. The van der Waals surface area contributed by atoms with E-state index in [9.17, 15) is 9.18 Å². The Balaban J connectivity index is 1.59. The molecule has 3 rings (SSSR count). The van der Waals surface area contributed by atoms with Crippen molar-refractivity contribution in [3.63, 3.8) is 0 Å². The number of amides is 1. The molecule has 4 nitrogen and oxygen atoms in total. The molecule has 5 heteroatoms. The van der Waals surface area contributed by atoms with Crippen LogP contribution in [0, 0.1) is 5.82 Å². The summed E-state index contributed by atoms with van der Waals surface area (Å²) in [5, 5.41) is 0. The van der Waals surface area contributed by atoms with Gasteiger partial charge in [-0.3, -0.25) is 9.69 Å². The first-order valence-electron chi connectivity index (χ1n) is 8.87. The Morgan fingerprint density at radius 1 is 1.04 bits per heavy atom. The van der Waals surface area contributed by atoms with Gasteiger partial charge in [0, 0.05) is 38.4 Å². The molecule has 0 spiro atoms. The maximum atomic E-state index is 13.9. The van der Waals surface area contributed by atoms with Gasteiger partial charge in [0.1, 0.15) is 5.82 Å². The Hall–Kier alpha value is -2.66. The van der Waals surface area contributed by atoms with Crippen LogP contribution < -0.4 is 9.80 Å². The van der Waals surface area contributed by atoms with Gasteiger partial charge in [-0.15, -0.1) is 6.58 Å². The monoisotopic (exact) mass is 353 g/mol. The van der Waals surface area contributed by atoms with Crippen molar-refractivity contribution in [3.05, 3.63) is 73.1 Å². The Labute approximate surface area is 154 Å². The number of benzene rings is 2. The summed E-state index contributed by atoms with van der Waals surface area (Å²) in [5.41, 5.74) is 1.51. The van der Waals surface area contributed by atoms with Gasteiger partial charge in [0.15, 0.2) is 0 Å². The van der Waals surface area contributed by atoms with Crippen LogP contribution in [0.5, 0.6) is 0 Å². The molecule has 0 radical (unpaired) electrons. The number of para-hydroxylation sites is 2. The van der Waals surface area contributed by atoms with Gasteiger partial charge in [-0.1, -0.05) is 36.4 Å². The topological polar surface area (TPSA) is 26.8 Å². The molecular formula is C21H24FN3O. The molecule has 0 saturated carbocycles. The van der Waals surface area contributed by atoms with E-state index in [4.69, 9.17) is 0 Å². The minimum Gasteiger partial charge on any atom is -0.367 e. The van der Waals surface area contributed by atoms with Gasteiger partial charge in [0.2, 0.25) is 5.91 Å². The van der Waals surface area contributed by atoms with Crippen LogP contribution in [0.25, 0.3) is 0 Å². The zero-order valence-electron chi connectivity index (χ0n) is 14.9. The highest BCUT2D eigenvalue weighted by atomic mass is 19.1. The first kappa shape index (κ1) is 18.1. The van der Waals surface area contributed by atoms with Crippen LogP contribution in [0.3, 0.4) is 0 Å². The summed E-state index contributed by atoms with van der Waals surface area (Å²) in [6.07, 6.45) is 1.74. The second-order valence-corrected chi connectivity index (χ2v) is 6.34. The molecular weight excluding hydrogens is 329 g/mol. The van der Waals surface area contributed by atoms with Gasteiger partial charge in [0.25, 0.3) is 0 Å². The first-order valence-corrected chi connectivity index (χ1v) is 8.87. The van der Waals surface area contributed by atoms with Gasteiger partial charge < -0.3 is 9.80 Å². The minimum absolute atomic E-state index is 0.0513. The van der Waals surface area contributed by atoms with E-state index in [0.29, 0.717) is 31.9 Å². The number of hydrogen-bond acceptors (Lipinski definition) is 3. The second-order valence-electron chi connectivity index (χ2n) is 6.34. The van der Waals surface area contributed by atoms with E-state index < -0.39 is 0 Å². The third kappa shape index (κ3) is 4.29. The van der Waals surface area contributed by atoms with E-state index in [2.05, 4.69) is 11.5 Å². The maximum Gasteiger partial charge on any atom is 0.241 e. The van der Waals surface area contributed by atoms with Crippen molar-refractivity contribution in [1.82, 2.24) is 4.90 Å². The van der Waals surface area contributed by atoms with Gasteiger partial charge >= 0.3 is 0 Å². The third-order valence-corrected chi connectivity index (χ3v) is 4.60. The van der Waals surface area contributed by atoms with Crippen molar-refractivity contribution in [1.29, 1.82) is 0 Å². The number of carbonyl (C=O) groups excluding carboxylic acids is 1. The largest absolute Gasteiger partial charge is 0.367 e. The normalized spacial score (nSPS) is 14.9. The average molecular weight is 353 g/mol. The highest BCUT2D eigenvalue weighted by molar-refractivity contribution is 5.95. The molecule has 1 heterocycles. The summed E-state index contributed by atoms with van der Waals surface area (Å²) < 4.78 is 13.9. The molecule has 26 heavy (non-hydrogen) atoms. The third-order valence-electron chi connectivity index (χ3n) is 4.60. The number of piperazine rings is 1. The van der Waals surface area contributed by atoms with E-state index in [1.807, 2.05) is 41.3 Å². The molecule has 1 fully saturated rings. The lowest BCUT2D eigenvalue weighted by molar-refractivity contribution is -0.119. The van der Waals surface area contributed by atoms with Gasteiger partial charge in [-0.25, -0.2) is 4.39 Å². The summed E-state index contributed by atoms with van der Waals surface area (Å²) in [6.45, 7) is 7.48. The van der Waals surface area contributed by atoms with E-state index in [-0.39, 0.29) is 11.7 Å². The van der Waals surface area contributed by atoms with Crippen molar-refractivity contribution < 1.29 is 9.18 Å². The highest BCUT2D eigenvalue weighted by Crippen LogP contribution is 2.20. The maximum absolute atomic E-state index is 13.9. The molecule has 2 aromatic carbocycles. The van der Waals surface area contributed by atoms with Crippen molar-refractivity contribution in [2.75, 3.05) is 49.1 Å². The molecule has 0 atom stereocenters. The van der Waals surface area contributed by atoms with Crippen LogP contribution in [-0.4, -0.2) is 50.1 Å². The Morgan fingerprint density at radius 3 is 2.35 bits per heavy atom. The van der Waals surface area contributed by atoms with E-state index >= 15 is 0 Å². The number of nitrogens with zero attached hydrogens (tertiary/aromatic N) is 3. The molecule has 1 amide bonds. The Morgan fingerprint density at radius 2 is 1.69 bits per heavy atom. The van der Waals surface area contributed by atoms with Crippen LogP contribution in [0.4, 0.5) is 15.8 Å². The van der Waals surface area contributed by atoms with Gasteiger partial charge in [0.05, 0.1) is 12.2 Å². The van der Waals surface area contributed by atoms with E-state index in [0.717, 1.165) is 18.8 Å². The zero-order chi connectivity index (χ0) is 18.4. The molecule has 2 aromatic rings. The molecule has 136 valence electrons. The highest BCUT2D eigenvalue weighted by Gasteiger charge is 2.23. The fourth-order valence-electron chi connectivity index (χ4n) is 3.22.